The quantitative estimate of drug-likeness (QED) is 0.515. The van der Waals surface area contributed by atoms with Crippen LogP contribution in [0.5, 0.6) is 0 Å². The second-order valence-corrected chi connectivity index (χ2v) is 7.53. The molecule has 4 heterocycles. The monoisotopic (exact) mass is 406 g/mol. The first kappa shape index (κ1) is 18.5. The van der Waals surface area contributed by atoms with Crippen LogP contribution in [0, 0.1) is 0 Å². The van der Waals surface area contributed by atoms with Crippen molar-refractivity contribution in [3.63, 3.8) is 0 Å². The Morgan fingerprint density at radius 3 is 2.90 bits per heavy atom. The Bertz CT molecular complexity index is 1290. The number of aliphatic hydroxyl groups is 1. The molecule has 0 spiro atoms. The molecule has 0 saturated carbocycles. The number of carbonyl (C=O) groups is 2. The number of hydrogen-bond donors (Lipinski definition) is 1. The molecule has 8 heteroatoms. The second kappa shape index (κ2) is 6.50. The van der Waals surface area contributed by atoms with Crippen LogP contribution in [0.4, 0.5) is 0 Å². The molecule has 152 valence electrons. The third-order valence-electron chi connectivity index (χ3n) is 5.67. The molecule has 5 rings (SSSR count). The smallest absolute Gasteiger partial charge is 0.343 e. The van der Waals surface area contributed by atoms with Crippen LogP contribution in [0.15, 0.2) is 41.2 Å². The van der Waals surface area contributed by atoms with E-state index in [1.54, 1.807) is 10.6 Å². The van der Waals surface area contributed by atoms with Gasteiger partial charge in [0.2, 0.25) is 0 Å². The van der Waals surface area contributed by atoms with E-state index in [-0.39, 0.29) is 36.3 Å². The van der Waals surface area contributed by atoms with Crippen molar-refractivity contribution in [2.45, 2.75) is 32.1 Å². The van der Waals surface area contributed by atoms with Gasteiger partial charge in [-0.2, -0.15) is 0 Å². The highest BCUT2D eigenvalue weighted by Crippen LogP contribution is 2.38. The minimum absolute atomic E-state index is 0.182. The Morgan fingerprint density at radius 2 is 2.10 bits per heavy atom. The Morgan fingerprint density at radius 1 is 1.30 bits per heavy atom. The molecule has 30 heavy (non-hydrogen) atoms. The topological polar surface area (TPSA) is 108 Å². The molecule has 0 fully saturated rings. The Hall–Kier alpha value is -3.52. The summed E-state index contributed by atoms with van der Waals surface area (Å²) in [7, 11) is 0. The summed E-state index contributed by atoms with van der Waals surface area (Å²) in [5.41, 5.74) is 0.879. The van der Waals surface area contributed by atoms with Crippen molar-refractivity contribution in [2.24, 2.45) is 0 Å². The molecule has 1 aromatic carbocycles. The van der Waals surface area contributed by atoms with E-state index >= 15 is 0 Å². The summed E-state index contributed by atoms with van der Waals surface area (Å²) in [6, 6.07) is 11.3. The fourth-order valence-corrected chi connectivity index (χ4v) is 4.17. The zero-order chi connectivity index (χ0) is 21.0. The van der Waals surface area contributed by atoms with Crippen molar-refractivity contribution >= 4 is 22.8 Å². The van der Waals surface area contributed by atoms with E-state index in [4.69, 9.17) is 14.5 Å². The number of para-hydroxylation sites is 1. The van der Waals surface area contributed by atoms with Crippen molar-refractivity contribution in [1.82, 2.24) is 9.55 Å². The van der Waals surface area contributed by atoms with Gasteiger partial charge in [-0.05, 0) is 18.2 Å². The Labute approximate surface area is 170 Å². The standard InChI is InChI=1S/C22H18N2O6/c1-12(25)29-7-6-22(28)16-9-18-19-14(8-13-4-2-3-5-17(13)23-19)10-24(18)20(26)15(16)11-30-21(22)27/h2-5,8-9,28H,6-7,10-11H2,1H3. The summed E-state index contributed by atoms with van der Waals surface area (Å²) in [5.74, 6) is -1.39. The number of fused-ring (bicyclic) bond motifs is 5. The lowest BCUT2D eigenvalue weighted by molar-refractivity contribution is -0.175. The first-order chi connectivity index (χ1) is 14.4. The summed E-state index contributed by atoms with van der Waals surface area (Å²) < 4.78 is 11.6. The van der Waals surface area contributed by atoms with Gasteiger partial charge < -0.3 is 19.1 Å². The van der Waals surface area contributed by atoms with Crippen molar-refractivity contribution in [3.05, 3.63) is 63.4 Å². The predicted octanol–water partition coefficient (Wildman–Crippen LogP) is 1.62. The van der Waals surface area contributed by atoms with E-state index in [2.05, 4.69) is 0 Å². The average molecular weight is 406 g/mol. The van der Waals surface area contributed by atoms with Gasteiger partial charge >= 0.3 is 11.9 Å². The van der Waals surface area contributed by atoms with E-state index in [1.807, 2.05) is 30.3 Å². The Balaban J connectivity index is 1.67. The molecule has 8 nitrogen and oxygen atoms in total. The number of pyridine rings is 2. The van der Waals surface area contributed by atoms with E-state index in [0.29, 0.717) is 17.9 Å². The molecule has 0 bridgehead atoms. The van der Waals surface area contributed by atoms with Crippen molar-refractivity contribution in [2.75, 3.05) is 6.61 Å². The Kier molecular flexibility index (Phi) is 4.01. The van der Waals surface area contributed by atoms with Gasteiger partial charge in [-0.25, -0.2) is 9.78 Å². The van der Waals surface area contributed by atoms with Crippen molar-refractivity contribution in [3.8, 4) is 11.4 Å². The number of benzene rings is 1. The van der Waals surface area contributed by atoms with Crippen LogP contribution in [-0.2, 0) is 37.8 Å². The summed E-state index contributed by atoms with van der Waals surface area (Å²) in [6.07, 6.45) is -0.209. The molecule has 0 radical (unpaired) electrons. The molecule has 1 atom stereocenters. The van der Waals surface area contributed by atoms with Gasteiger partial charge in [0, 0.05) is 29.9 Å². The number of hydrogen-bond acceptors (Lipinski definition) is 7. The predicted molar refractivity (Wildman–Crippen MR) is 105 cm³/mol. The third kappa shape index (κ3) is 2.64. The molecule has 3 aromatic rings. The molecular weight excluding hydrogens is 388 g/mol. The molecule has 0 aliphatic carbocycles. The van der Waals surface area contributed by atoms with Crippen LogP contribution in [0.1, 0.15) is 30.0 Å². The fraction of sp³-hybridized carbons (Fsp3) is 0.273. The molecule has 1 N–H and O–H groups in total. The van der Waals surface area contributed by atoms with Gasteiger partial charge in [0.25, 0.3) is 5.56 Å². The minimum Gasteiger partial charge on any atom is -0.466 e. The maximum absolute atomic E-state index is 13.2. The molecule has 2 aromatic heterocycles. The second-order valence-electron chi connectivity index (χ2n) is 7.53. The van der Waals surface area contributed by atoms with Gasteiger partial charge in [0.05, 0.1) is 35.6 Å². The fourth-order valence-electron chi connectivity index (χ4n) is 4.17. The van der Waals surface area contributed by atoms with E-state index in [0.717, 1.165) is 16.5 Å². The normalized spacial score (nSPS) is 19.1. The van der Waals surface area contributed by atoms with E-state index in [1.165, 1.54) is 6.92 Å². The van der Waals surface area contributed by atoms with Crippen LogP contribution >= 0.6 is 0 Å². The number of carbonyl (C=O) groups excluding carboxylic acids is 2. The van der Waals surface area contributed by atoms with Gasteiger partial charge in [-0.3, -0.25) is 9.59 Å². The number of nitrogens with zero attached hydrogens (tertiary/aromatic N) is 2. The summed E-state index contributed by atoms with van der Waals surface area (Å²) in [4.78, 5) is 41.4. The molecule has 0 saturated heterocycles. The molecule has 2 aliphatic heterocycles. The van der Waals surface area contributed by atoms with Crippen molar-refractivity contribution in [1.29, 1.82) is 0 Å². The first-order valence-electron chi connectivity index (χ1n) is 9.57. The molecule has 2 aliphatic rings. The lowest BCUT2D eigenvalue weighted by Gasteiger charge is -2.32. The summed E-state index contributed by atoms with van der Waals surface area (Å²) >= 11 is 0. The largest absolute Gasteiger partial charge is 0.466 e. The van der Waals surface area contributed by atoms with Gasteiger partial charge in [-0.15, -0.1) is 0 Å². The molecule has 0 amide bonds. The van der Waals surface area contributed by atoms with Crippen LogP contribution in [0.2, 0.25) is 0 Å². The third-order valence-corrected chi connectivity index (χ3v) is 5.67. The maximum Gasteiger partial charge on any atom is 0.343 e. The number of aromatic nitrogens is 2. The van der Waals surface area contributed by atoms with Gasteiger partial charge in [-0.1, -0.05) is 18.2 Å². The summed E-state index contributed by atoms with van der Waals surface area (Å²) in [5, 5.41) is 12.1. The van der Waals surface area contributed by atoms with E-state index < -0.39 is 17.5 Å². The lowest BCUT2D eigenvalue weighted by Crippen LogP contribution is -2.45. The minimum atomic E-state index is -2.07. The number of esters is 2. The van der Waals surface area contributed by atoms with Gasteiger partial charge in [0.15, 0.2) is 5.60 Å². The highest BCUT2D eigenvalue weighted by atomic mass is 16.6. The van der Waals surface area contributed by atoms with Crippen LogP contribution < -0.4 is 5.56 Å². The zero-order valence-corrected chi connectivity index (χ0v) is 16.2. The highest BCUT2D eigenvalue weighted by Gasteiger charge is 2.46. The van der Waals surface area contributed by atoms with Crippen LogP contribution in [0.3, 0.4) is 0 Å². The van der Waals surface area contributed by atoms with Gasteiger partial charge in [0.1, 0.15) is 6.61 Å². The molecule has 1 unspecified atom stereocenters. The van der Waals surface area contributed by atoms with Crippen LogP contribution in [0.25, 0.3) is 22.3 Å². The average Bonchev–Trinajstić information content (AvgIpc) is 3.07. The number of cyclic esters (lactones) is 1. The first-order valence-corrected chi connectivity index (χ1v) is 9.57. The van der Waals surface area contributed by atoms with E-state index in [9.17, 15) is 19.5 Å². The van der Waals surface area contributed by atoms with Crippen LogP contribution in [-0.4, -0.2) is 33.2 Å². The zero-order valence-electron chi connectivity index (χ0n) is 16.2. The number of rotatable bonds is 3. The van der Waals surface area contributed by atoms with Crippen molar-refractivity contribution < 1.29 is 24.2 Å². The highest BCUT2D eigenvalue weighted by molar-refractivity contribution is 5.86. The SMILES string of the molecule is CC(=O)OCCC1(O)C(=O)OCc2c1cc1n(c2=O)Cc2cc3ccccc3nc2-1. The summed E-state index contributed by atoms with van der Waals surface area (Å²) in [6.45, 7) is 1.20. The lowest BCUT2D eigenvalue weighted by atomic mass is 9.85. The number of ether oxygens (including phenoxy) is 2. The molecular formula is C22H18N2O6. The maximum atomic E-state index is 13.2.